The lowest BCUT2D eigenvalue weighted by atomic mass is 9.80. The predicted molar refractivity (Wildman–Crippen MR) is 72.3 cm³/mol. The van der Waals surface area contributed by atoms with E-state index < -0.39 is 0 Å². The number of aryl methyl sites for hydroxylation is 1. The Morgan fingerprint density at radius 2 is 1.85 bits per heavy atom. The molecule has 2 bridgehead atoms. The zero-order valence-corrected chi connectivity index (χ0v) is 11.2. The number of phenols is 1. The Labute approximate surface area is 116 Å². The fraction of sp³-hybridized carbons (Fsp3) is 0.438. The van der Waals surface area contributed by atoms with Gasteiger partial charge in [0.25, 0.3) is 0 Å². The Balaban J connectivity index is 1.84. The maximum Gasteiger partial charge on any atom is 0.173 e. The summed E-state index contributed by atoms with van der Waals surface area (Å²) in [5.74, 6) is -0.0312. The lowest BCUT2D eigenvalue weighted by molar-refractivity contribution is -0.118. The van der Waals surface area contributed by atoms with Gasteiger partial charge in [0.15, 0.2) is 5.78 Å². The Kier molecular flexibility index (Phi) is 2.31. The molecule has 4 rings (SSSR count). The van der Waals surface area contributed by atoms with Crippen molar-refractivity contribution in [2.45, 2.75) is 32.0 Å². The molecule has 104 valence electrons. The second-order valence-electron chi connectivity index (χ2n) is 5.97. The number of allylic oxidation sites excluding steroid dienone is 1. The van der Waals surface area contributed by atoms with E-state index in [1.165, 1.54) is 0 Å². The average molecular weight is 272 g/mol. The van der Waals surface area contributed by atoms with E-state index in [9.17, 15) is 15.0 Å². The summed E-state index contributed by atoms with van der Waals surface area (Å²) >= 11 is 0. The zero-order valence-electron chi connectivity index (χ0n) is 11.2. The SMILES string of the molecule is Cc1cc(O)ccc1C1=C(O)C2C3CCC(O3)C2C1=O. The lowest BCUT2D eigenvalue weighted by Gasteiger charge is -2.19. The van der Waals surface area contributed by atoms with Crippen LogP contribution in [0.2, 0.25) is 0 Å². The standard InChI is InChI=1S/C16H16O4/c1-7-6-8(17)2-3-9(7)12-15(18)13-10-4-5-11(20-10)14(13)16(12)19/h2-3,6,10-11,13-14,17-18H,4-5H2,1H3. The van der Waals surface area contributed by atoms with E-state index in [0.717, 1.165) is 24.0 Å². The van der Waals surface area contributed by atoms with E-state index in [1.807, 2.05) is 6.92 Å². The molecule has 0 aromatic heterocycles. The number of aliphatic hydroxyl groups is 1. The third-order valence-corrected chi connectivity index (χ3v) is 4.87. The molecule has 2 N–H and O–H groups in total. The average Bonchev–Trinajstić information content (AvgIpc) is 3.06. The second kappa shape index (κ2) is 3.85. The first-order valence-corrected chi connectivity index (χ1v) is 7.00. The monoisotopic (exact) mass is 272 g/mol. The number of ether oxygens (including phenoxy) is 1. The summed E-state index contributed by atoms with van der Waals surface area (Å²) in [6.07, 6.45) is 1.79. The Hall–Kier alpha value is -1.81. The highest BCUT2D eigenvalue weighted by Gasteiger charge is 2.59. The van der Waals surface area contributed by atoms with Crippen LogP contribution in [-0.4, -0.2) is 28.2 Å². The summed E-state index contributed by atoms with van der Waals surface area (Å²) in [7, 11) is 0. The molecule has 0 radical (unpaired) electrons. The highest BCUT2D eigenvalue weighted by molar-refractivity contribution is 6.25. The molecular formula is C16H16O4. The summed E-state index contributed by atoms with van der Waals surface area (Å²) < 4.78 is 5.76. The molecule has 2 aliphatic heterocycles. The van der Waals surface area contributed by atoms with Crippen molar-refractivity contribution in [1.29, 1.82) is 0 Å². The van der Waals surface area contributed by atoms with Crippen molar-refractivity contribution in [3.05, 3.63) is 35.1 Å². The van der Waals surface area contributed by atoms with Gasteiger partial charge in [-0.15, -0.1) is 0 Å². The van der Waals surface area contributed by atoms with Crippen molar-refractivity contribution in [2.75, 3.05) is 0 Å². The Morgan fingerprint density at radius 3 is 2.50 bits per heavy atom. The smallest absolute Gasteiger partial charge is 0.173 e. The first-order chi connectivity index (χ1) is 9.58. The molecule has 4 unspecified atom stereocenters. The van der Waals surface area contributed by atoms with Crippen LogP contribution in [0.4, 0.5) is 0 Å². The van der Waals surface area contributed by atoms with Crippen molar-refractivity contribution in [2.24, 2.45) is 11.8 Å². The number of fused-ring (bicyclic) bond motifs is 5. The van der Waals surface area contributed by atoms with E-state index in [-0.39, 0.29) is 41.3 Å². The molecular weight excluding hydrogens is 256 g/mol. The molecule has 0 spiro atoms. The molecule has 20 heavy (non-hydrogen) atoms. The van der Waals surface area contributed by atoms with Crippen LogP contribution in [0.3, 0.4) is 0 Å². The van der Waals surface area contributed by atoms with Gasteiger partial charge < -0.3 is 14.9 Å². The van der Waals surface area contributed by atoms with E-state index in [0.29, 0.717) is 5.57 Å². The number of rotatable bonds is 1. The molecule has 4 atom stereocenters. The number of aromatic hydroxyl groups is 1. The van der Waals surface area contributed by atoms with Crippen LogP contribution >= 0.6 is 0 Å². The van der Waals surface area contributed by atoms with E-state index >= 15 is 0 Å². The summed E-state index contributed by atoms with van der Waals surface area (Å²) in [5, 5.41) is 20.0. The van der Waals surface area contributed by atoms with Crippen LogP contribution in [0.15, 0.2) is 24.0 Å². The molecule has 0 amide bonds. The number of phenolic OH excluding ortho intramolecular Hbond substituents is 1. The molecule has 3 aliphatic rings. The van der Waals surface area contributed by atoms with Gasteiger partial charge >= 0.3 is 0 Å². The maximum absolute atomic E-state index is 12.7. The van der Waals surface area contributed by atoms with Gasteiger partial charge in [-0.05, 0) is 43.0 Å². The van der Waals surface area contributed by atoms with Gasteiger partial charge in [0.1, 0.15) is 11.5 Å². The number of ketones is 1. The second-order valence-corrected chi connectivity index (χ2v) is 5.97. The van der Waals surface area contributed by atoms with Crippen LogP contribution < -0.4 is 0 Å². The van der Waals surface area contributed by atoms with Crippen molar-refractivity contribution < 1.29 is 19.7 Å². The minimum atomic E-state index is -0.211. The lowest BCUT2D eigenvalue weighted by Crippen LogP contribution is -2.29. The van der Waals surface area contributed by atoms with Crippen LogP contribution in [0, 0.1) is 18.8 Å². The predicted octanol–water partition coefficient (Wildman–Crippen LogP) is 2.35. The Bertz CT molecular complexity index is 646. The number of hydrogen-bond donors (Lipinski definition) is 2. The fourth-order valence-electron chi connectivity index (χ4n) is 4.02. The third-order valence-electron chi connectivity index (χ3n) is 4.87. The van der Waals surface area contributed by atoms with Crippen molar-refractivity contribution in [3.63, 3.8) is 0 Å². The van der Waals surface area contributed by atoms with Crippen LogP contribution in [0.25, 0.3) is 5.57 Å². The van der Waals surface area contributed by atoms with Crippen LogP contribution in [0.1, 0.15) is 24.0 Å². The summed E-state index contributed by atoms with van der Waals surface area (Å²) in [4.78, 5) is 12.7. The van der Waals surface area contributed by atoms with Gasteiger partial charge in [0, 0.05) is 0 Å². The largest absolute Gasteiger partial charge is 0.511 e. The van der Waals surface area contributed by atoms with E-state index in [2.05, 4.69) is 0 Å². The number of carbonyl (C=O) groups is 1. The normalized spacial score (nSPS) is 35.0. The first-order valence-electron chi connectivity index (χ1n) is 7.00. The minimum Gasteiger partial charge on any atom is -0.511 e. The van der Waals surface area contributed by atoms with E-state index in [1.54, 1.807) is 18.2 Å². The third kappa shape index (κ3) is 1.37. The van der Waals surface area contributed by atoms with Gasteiger partial charge in [-0.3, -0.25) is 4.79 Å². The van der Waals surface area contributed by atoms with Gasteiger partial charge in [0.2, 0.25) is 0 Å². The number of carbonyl (C=O) groups excluding carboxylic acids is 1. The number of benzene rings is 1. The highest BCUT2D eigenvalue weighted by Crippen LogP contribution is 2.53. The topological polar surface area (TPSA) is 66.8 Å². The van der Waals surface area contributed by atoms with Gasteiger partial charge in [0.05, 0.1) is 29.6 Å². The maximum atomic E-state index is 12.7. The molecule has 2 saturated heterocycles. The van der Waals surface area contributed by atoms with Crippen LogP contribution in [-0.2, 0) is 9.53 Å². The number of Topliss-reactive ketones (excluding diaryl/α,β-unsaturated/α-hetero) is 1. The molecule has 4 nitrogen and oxygen atoms in total. The number of aliphatic hydroxyl groups excluding tert-OH is 1. The van der Waals surface area contributed by atoms with Crippen molar-refractivity contribution in [1.82, 2.24) is 0 Å². The molecule has 1 aliphatic carbocycles. The van der Waals surface area contributed by atoms with Gasteiger partial charge in [-0.25, -0.2) is 0 Å². The molecule has 0 saturated carbocycles. The molecule has 1 aromatic carbocycles. The van der Waals surface area contributed by atoms with Gasteiger partial charge in [-0.2, -0.15) is 0 Å². The summed E-state index contributed by atoms with van der Waals surface area (Å²) in [6.45, 7) is 1.84. The minimum absolute atomic E-state index is 0.00603. The molecule has 2 heterocycles. The molecule has 4 heteroatoms. The Morgan fingerprint density at radius 1 is 1.15 bits per heavy atom. The van der Waals surface area contributed by atoms with Crippen LogP contribution in [0.5, 0.6) is 5.75 Å². The van der Waals surface area contributed by atoms with E-state index in [4.69, 9.17) is 4.74 Å². The zero-order chi connectivity index (χ0) is 14.0. The molecule has 2 fully saturated rings. The van der Waals surface area contributed by atoms with Crippen molar-refractivity contribution in [3.8, 4) is 5.75 Å². The number of hydrogen-bond acceptors (Lipinski definition) is 4. The first kappa shape index (κ1) is 12.0. The highest BCUT2D eigenvalue weighted by atomic mass is 16.5. The summed E-state index contributed by atoms with van der Waals surface area (Å²) in [6, 6.07) is 4.87. The fourth-order valence-corrected chi connectivity index (χ4v) is 4.02. The van der Waals surface area contributed by atoms with Gasteiger partial charge in [-0.1, -0.05) is 6.07 Å². The quantitative estimate of drug-likeness (QED) is 0.823. The van der Waals surface area contributed by atoms with Crippen molar-refractivity contribution >= 4 is 11.4 Å². The summed E-state index contributed by atoms with van der Waals surface area (Å²) in [5.41, 5.74) is 1.95. The molecule has 1 aromatic rings.